The summed E-state index contributed by atoms with van der Waals surface area (Å²) in [6, 6.07) is 8.36. The van der Waals surface area contributed by atoms with Crippen LogP contribution in [0.3, 0.4) is 0 Å². The zero-order valence-corrected chi connectivity index (χ0v) is 8.54. The van der Waals surface area contributed by atoms with E-state index in [2.05, 4.69) is 42.8 Å². The van der Waals surface area contributed by atoms with E-state index in [1.54, 1.807) is 0 Å². The van der Waals surface area contributed by atoms with Crippen molar-refractivity contribution in [2.45, 2.75) is 13.8 Å². The third kappa shape index (κ3) is 1.41. The predicted octanol–water partition coefficient (Wildman–Crippen LogP) is 3.58. The van der Waals surface area contributed by atoms with E-state index in [4.69, 9.17) is 0 Å². The lowest BCUT2D eigenvalue weighted by atomic mass is 10.1. The first-order chi connectivity index (χ1) is 6.68. The van der Waals surface area contributed by atoms with Crippen molar-refractivity contribution in [3.05, 3.63) is 48.2 Å². The molecule has 1 aromatic heterocycles. The van der Waals surface area contributed by atoms with E-state index in [0.717, 1.165) is 16.7 Å². The van der Waals surface area contributed by atoms with Crippen molar-refractivity contribution >= 4 is 16.5 Å². The molecule has 1 heterocycles. The number of aromatic nitrogens is 1. The Morgan fingerprint density at radius 1 is 1.36 bits per heavy atom. The van der Waals surface area contributed by atoms with Crippen molar-refractivity contribution in [3.8, 4) is 0 Å². The van der Waals surface area contributed by atoms with Crippen LogP contribution in [0.5, 0.6) is 0 Å². The van der Waals surface area contributed by atoms with Gasteiger partial charge in [-0.25, -0.2) is 0 Å². The second-order valence-corrected chi connectivity index (χ2v) is 3.65. The lowest BCUT2D eigenvalue weighted by Crippen LogP contribution is -1.86. The minimum absolute atomic E-state index is 1.06. The smallest absolute Gasteiger partial charge is 0.0731 e. The van der Waals surface area contributed by atoms with Crippen LogP contribution in [0.4, 0.5) is 0 Å². The Kier molecular flexibility index (Phi) is 2.08. The Labute approximate surface area is 84.1 Å². The van der Waals surface area contributed by atoms with Gasteiger partial charge >= 0.3 is 0 Å². The summed E-state index contributed by atoms with van der Waals surface area (Å²) in [6.45, 7) is 7.99. The average Bonchev–Trinajstić information content (AvgIpc) is 2.17. The summed E-state index contributed by atoms with van der Waals surface area (Å²) in [7, 11) is 0. The van der Waals surface area contributed by atoms with Crippen molar-refractivity contribution in [2.75, 3.05) is 0 Å². The normalized spacial score (nSPS) is 10.4. The van der Waals surface area contributed by atoms with Crippen molar-refractivity contribution in [2.24, 2.45) is 0 Å². The molecule has 0 radical (unpaired) electrons. The fraction of sp³-hybridized carbons (Fsp3) is 0.154. The van der Waals surface area contributed by atoms with E-state index in [1.165, 1.54) is 10.9 Å². The molecule has 0 saturated heterocycles. The molecule has 0 bridgehead atoms. The molecule has 0 amide bonds. The zero-order chi connectivity index (χ0) is 10.1. The maximum Gasteiger partial charge on any atom is 0.0731 e. The number of fused-ring (bicyclic) bond motifs is 1. The van der Waals surface area contributed by atoms with Crippen molar-refractivity contribution < 1.29 is 0 Å². The Bertz CT molecular complexity index is 498. The van der Waals surface area contributed by atoms with Gasteiger partial charge in [0.15, 0.2) is 0 Å². The average molecular weight is 183 g/mol. The van der Waals surface area contributed by atoms with Gasteiger partial charge in [-0.1, -0.05) is 24.8 Å². The molecule has 0 aliphatic rings. The molecule has 2 rings (SSSR count). The van der Waals surface area contributed by atoms with Crippen molar-refractivity contribution in [1.29, 1.82) is 0 Å². The molecular weight excluding hydrogens is 170 g/mol. The van der Waals surface area contributed by atoms with Gasteiger partial charge in [0.1, 0.15) is 0 Å². The summed E-state index contributed by atoms with van der Waals surface area (Å²) < 4.78 is 0. The van der Waals surface area contributed by atoms with Crippen LogP contribution in [-0.2, 0) is 0 Å². The monoisotopic (exact) mass is 183 g/mol. The molecule has 14 heavy (non-hydrogen) atoms. The van der Waals surface area contributed by atoms with E-state index in [0.29, 0.717) is 0 Å². The predicted molar refractivity (Wildman–Crippen MR) is 61.2 cm³/mol. The minimum atomic E-state index is 1.06. The molecule has 0 atom stereocenters. The number of pyridine rings is 1. The quantitative estimate of drug-likeness (QED) is 0.658. The number of benzene rings is 1. The van der Waals surface area contributed by atoms with Crippen LogP contribution in [0.15, 0.2) is 37.0 Å². The van der Waals surface area contributed by atoms with E-state index in [9.17, 15) is 0 Å². The number of nitrogens with zero attached hydrogens (tertiary/aromatic N) is 1. The fourth-order valence-electron chi connectivity index (χ4n) is 1.55. The van der Waals surface area contributed by atoms with Crippen LogP contribution in [0, 0.1) is 6.92 Å². The van der Waals surface area contributed by atoms with Crippen LogP contribution >= 0.6 is 0 Å². The molecule has 0 N–H and O–H groups in total. The second-order valence-electron chi connectivity index (χ2n) is 3.65. The number of hydrogen-bond donors (Lipinski definition) is 0. The van der Waals surface area contributed by atoms with Crippen molar-refractivity contribution in [3.63, 3.8) is 0 Å². The highest BCUT2D eigenvalue weighted by Gasteiger charge is 1.99. The van der Waals surface area contributed by atoms with Crippen molar-refractivity contribution in [1.82, 2.24) is 4.98 Å². The van der Waals surface area contributed by atoms with Crippen LogP contribution in [-0.4, -0.2) is 4.98 Å². The van der Waals surface area contributed by atoms with Gasteiger partial charge in [-0.15, -0.1) is 0 Å². The Hall–Kier alpha value is -1.63. The molecule has 0 aliphatic heterocycles. The number of allylic oxidation sites excluding steroid dienone is 1. The van der Waals surface area contributed by atoms with Gasteiger partial charge in [-0.3, -0.25) is 4.98 Å². The molecule has 1 aromatic carbocycles. The van der Waals surface area contributed by atoms with E-state index < -0.39 is 0 Å². The maximum absolute atomic E-state index is 4.44. The Balaban J connectivity index is 2.73. The SMILES string of the molecule is C=C(C)c1cnc2c(C)cccc2c1. The summed E-state index contributed by atoms with van der Waals surface area (Å²) >= 11 is 0. The minimum Gasteiger partial charge on any atom is -0.255 e. The Morgan fingerprint density at radius 2 is 2.14 bits per heavy atom. The third-order valence-corrected chi connectivity index (χ3v) is 2.41. The zero-order valence-electron chi connectivity index (χ0n) is 8.54. The van der Waals surface area contributed by atoms with Crippen LogP contribution in [0.1, 0.15) is 18.1 Å². The van der Waals surface area contributed by atoms with E-state index >= 15 is 0 Å². The number of hydrogen-bond acceptors (Lipinski definition) is 1. The largest absolute Gasteiger partial charge is 0.255 e. The standard InChI is InChI=1S/C13H13N/c1-9(2)12-7-11-6-4-5-10(3)13(11)14-8-12/h4-8H,1H2,2-3H3. The molecule has 0 aliphatic carbocycles. The summed E-state index contributed by atoms with van der Waals surface area (Å²) in [5.74, 6) is 0. The number of rotatable bonds is 1. The van der Waals surface area contributed by atoms with Gasteiger partial charge in [0.2, 0.25) is 0 Å². The summed E-state index contributed by atoms with van der Waals surface area (Å²) in [6.07, 6.45) is 1.89. The van der Waals surface area contributed by atoms with Gasteiger partial charge in [0, 0.05) is 11.6 Å². The molecule has 0 unspecified atom stereocenters. The van der Waals surface area contributed by atoms with E-state index in [1.807, 2.05) is 13.1 Å². The first-order valence-corrected chi connectivity index (χ1v) is 4.70. The van der Waals surface area contributed by atoms with Gasteiger partial charge in [-0.05, 0) is 36.6 Å². The van der Waals surface area contributed by atoms with Crippen LogP contribution < -0.4 is 0 Å². The Morgan fingerprint density at radius 3 is 2.86 bits per heavy atom. The highest BCUT2D eigenvalue weighted by molar-refractivity contribution is 5.84. The first kappa shape index (κ1) is 8.95. The van der Waals surface area contributed by atoms with Gasteiger partial charge in [0.05, 0.1) is 5.52 Å². The van der Waals surface area contributed by atoms with Crippen LogP contribution in [0.2, 0.25) is 0 Å². The molecule has 0 spiro atoms. The highest BCUT2D eigenvalue weighted by atomic mass is 14.7. The molecule has 70 valence electrons. The second kappa shape index (κ2) is 3.26. The summed E-state index contributed by atoms with van der Waals surface area (Å²) in [5, 5.41) is 1.19. The first-order valence-electron chi connectivity index (χ1n) is 4.70. The molecule has 1 nitrogen and oxygen atoms in total. The molecule has 2 aromatic rings. The van der Waals surface area contributed by atoms with Gasteiger partial charge in [0.25, 0.3) is 0 Å². The summed E-state index contributed by atoms with van der Waals surface area (Å²) in [5.41, 5.74) is 4.47. The fourth-order valence-corrected chi connectivity index (χ4v) is 1.55. The maximum atomic E-state index is 4.44. The number of aryl methyl sites for hydroxylation is 1. The topological polar surface area (TPSA) is 12.9 Å². The molecule has 0 saturated carbocycles. The van der Waals surface area contributed by atoms with Gasteiger partial charge < -0.3 is 0 Å². The lowest BCUT2D eigenvalue weighted by molar-refractivity contribution is 1.35. The lowest BCUT2D eigenvalue weighted by Gasteiger charge is -2.03. The molecule has 1 heteroatoms. The van der Waals surface area contributed by atoms with E-state index in [-0.39, 0.29) is 0 Å². The molecular formula is C13H13N. The summed E-state index contributed by atoms with van der Waals surface area (Å²) in [4.78, 5) is 4.44. The third-order valence-electron chi connectivity index (χ3n) is 2.41. The number of para-hydroxylation sites is 1. The van der Waals surface area contributed by atoms with Crippen LogP contribution in [0.25, 0.3) is 16.5 Å². The molecule has 0 fully saturated rings. The highest BCUT2D eigenvalue weighted by Crippen LogP contribution is 2.19. The van der Waals surface area contributed by atoms with Gasteiger partial charge in [-0.2, -0.15) is 0 Å².